The largest absolute Gasteiger partial charge is 0.390 e. The van der Waals surface area contributed by atoms with Gasteiger partial charge in [-0.15, -0.1) is 0 Å². The van der Waals surface area contributed by atoms with Gasteiger partial charge in [0.25, 0.3) is 5.91 Å². The Kier molecular flexibility index (Phi) is 28.1. The molecule has 2 heterocycles. The number of aliphatic hydroxyl groups is 1. The van der Waals surface area contributed by atoms with E-state index in [-0.39, 0.29) is 80.9 Å². The first kappa shape index (κ1) is 71.2. The van der Waals surface area contributed by atoms with E-state index >= 15 is 0 Å². The summed E-state index contributed by atoms with van der Waals surface area (Å²) in [6, 6.07) is 3.55. The van der Waals surface area contributed by atoms with E-state index < -0.39 is 138 Å². The number of amides is 11. The van der Waals surface area contributed by atoms with Gasteiger partial charge in [-0.25, -0.2) is 9.37 Å². The van der Waals surface area contributed by atoms with Crippen molar-refractivity contribution in [3.63, 3.8) is 0 Å². The predicted octanol–water partition coefficient (Wildman–Crippen LogP) is 0.0774. The molecule has 0 radical (unpaired) electrons. The van der Waals surface area contributed by atoms with Crippen LogP contribution in [0.25, 0.3) is 10.9 Å². The number of aromatic nitrogens is 3. The first-order valence-electron chi connectivity index (χ1n) is 29.2. The number of unbranched alkanes of at least 4 members (excludes halogenated alkanes) is 1. The van der Waals surface area contributed by atoms with Crippen LogP contribution in [0.2, 0.25) is 0 Å². The van der Waals surface area contributed by atoms with E-state index in [4.69, 9.17) is 16.7 Å². The highest BCUT2D eigenvalue weighted by Crippen LogP contribution is 2.20. The molecule has 0 aliphatic carbocycles. The van der Waals surface area contributed by atoms with Crippen molar-refractivity contribution >= 4 is 75.9 Å². The number of benzene rings is 2. The second-order valence-corrected chi connectivity index (χ2v) is 22.9. The minimum atomic E-state index is -1.42. The van der Waals surface area contributed by atoms with E-state index in [0.717, 1.165) is 23.0 Å². The highest BCUT2D eigenvalue weighted by molar-refractivity contribution is 5.98. The molecule has 2 aromatic carbocycles. The summed E-state index contributed by atoms with van der Waals surface area (Å²) >= 11 is 0. The smallest absolute Gasteiger partial charge is 0.251 e. The number of hydrogen-bond donors (Lipinski definition) is 13. The van der Waals surface area contributed by atoms with Gasteiger partial charge >= 0.3 is 0 Å². The van der Waals surface area contributed by atoms with Crippen LogP contribution in [0.15, 0.2) is 61.2 Å². The molecular formula is C60H84FN15O12. The molecule has 2 aromatic heterocycles. The lowest BCUT2D eigenvalue weighted by Crippen LogP contribution is -2.59. The van der Waals surface area contributed by atoms with Gasteiger partial charge in [-0.1, -0.05) is 59.7 Å². The number of aryl methyl sites for hydroxylation is 1. The molecule has 8 atom stereocenters. The summed E-state index contributed by atoms with van der Waals surface area (Å²) in [5.74, 6) is -9.61. The quantitative estimate of drug-likeness (QED) is 0.0268. The highest BCUT2D eigenvalue weighted by Gasteiger charge is 2.34. The molecule has 0 spiro atoms. The molecule has 0 saturated carbocycles. The second kappa shape index (κ2) is 34.8. The summed E-state index contributed by atoms with van der Waals surface area (Å²) in [7, 11) is 1.68. The summed E-state index contributed by atoms with van der Waals surface area (Å²) < 4.78 is 15.4. The van der Waals surface area contributed by atoms with Crippen molar-refractivity contribution in [1.82, 2.24) is 62.4 Å². The molecule has 0 aliphatic rings. The fourth-order valence-electron chi connectivity index (χ4n) is 9.41. The zero-order chi connectivity index (χ0) is 65.4. The van der Waals surface area contributed by atoms with Gasteiger partial charge in [0.1, 0.15) is 48.1 Å². The van der Waals surface area contributed by atoms with E-state index in [1.165, 1.54) is 25.5 Å². The maximum atomic E-state index is 14.3. The van der Waals surface area contributed by atoms with Crippen LogP contribution < -0.4 is 59.3 Å². The number of aliphatic hydroxyl groups excluding tert-OH is 1. The Labute approximate surface area is 510 Å². The monoisotopic (exact) mass is 1230 g/mol. The Hall–Kier alpha value is -9.26. The van der Waals surface area contributed by atoms with Crippen molar-refractivity contribution in [2.45, 2.75) is 161 Å². The minimum Gasteiger partial charge on any atom is -0.390 e. The van der Waals surface area contributed by atoms with Gasteiger partial charge in [0.05, 0.1) is 37.0 Å². The molecule has 0 fully saturated rings. The van der Waals surface area contributed by atoms with Crippen LogP contribution in [0.3, 0.4) is 0 Å². The molecule has 28 heteroatoms. The van der Waals surface area contributed by atoms with Crippen molar-refractivity contribution in [3.05, 3.63) is 89.4 Å². The molecule has 0 saturated heterocycles. The summed E-state index contributed by atoms with van der Waals surface area (Å²) in [5.41, 5.74) is 12.6. The van der Waals surface area contributed by atoms with E-state index in [0.29, 0.717) is 17.7 Å². The fourth-order valence-corrected chi connectivity index (χ4v) is 9.41. The number of nitriles is 1. The topological polar surface area (TPSA) is 426 Å². The van der Waals surface area contributed by atoms with Gasteiger partial charge in [-0.2, -0.15) is 5.26 Å². The SMILES string of the molecule is CC(C)C[C@H](NC(=O)C[C@H](O)[C@H](CC(C)C)NC(=O)[C@H](Cc1cncn1C)NC(=O)CNC(=O)[C@@H](NC(=O)[C@H](C)NC(=O)[C@H](Cc1c[nH]c2ccccc12)NC(=O)[C@H](CCC(N)=O)NC(=O)CCCCNC(=O)c1ccc(F)c(C#N)c1)C(C)C)C(N)=O. The van der Waals surface area contributed by atoms with E-state index in [1.807, 2.05) is 27.7 Å². The van der Waals surface area contributed by atoms with Crippen LogP contribution in [0, 0.1) is 34.9 Å². The number of nitrogens with two attached hydrogens (primary N) is 2. The summed E-state index contributed by atoms with van der Waals surface area (Å²) in [5, 5.41) is 44.7. The summed E-state index contributed by atoms with van der Waals surface area (Å²) in [4.78, 5) is 154. The van der Waals surface area contributed by atoms with Gasteiger partial charge in [-0.3, -0.25) is 52.7 Å². The number of rotatable bonds is 36. The molecule has 0 aliphatic heterocycles. The number of imidazole rings is 1. The maximum absolute atomic E-state index is 14.3. The first-order valence-corrected chi connectivity index (χ1v) is 29.2. The Balaban J connectivity index is 1.42. The summed E-state index contributed by atoms with van der Waals surface area (Å²) in [6.45, 7) is 11.4. The van der Waals surface area contributed by atoms with Gasteiger partial charge in [0, 0.05) is 73.8 Å². The third kappa shape index (κ3) is 23.2. The standard InChI is InChI=1S/C60H84FN15O12/c1-32(2)21-44(48(77)26-51(80)71-45(54(64)82)22-33(3)4)73-59(87)47(25-39-29-65-31-76(39)8)72-52(81)30-68-60(88)53(34(5)6)75-55(83)35(7)69-58(86)46(24-38-28-67-42-14-10-9-13-40(38)42)74-57(85)43(18-19-49(63)78)70-50(79)15-11-12-20-66-56(84)36-16-17-41(61)37(23-36)27-62/h9-10,13-14,16-17,23,28-29,31-35,43-48,53,67,77H,11-12,15,18-22,24-26,30H2,1-8H3,(H2,63,78)(H2,64,82)(H,66,84)(H,68,88)(H,69,86)(H,70,79)(H,71,80)(H,72,81)(H,73,87)(H,74,85)(H,75,83)/t35-,43-,44-,45-,46-,47-,48-,53-/m0/s1. The van der Waals surface area contributed by atoms with Crippen molar-refractivity contribution in [1.29, 1.82) is 5.26 Å². The van der Waals surface area contributed by atoms with E-state index in [1.54, 1.807) is 62.0 Å². The lowest BCUT2D eigenvalue weighted by atomic mass is 9.96. The van der Waals surface area contributed by atoms with Crippen LogP contribution >= 0.6 is 0 Å². The molecule has 0 unspecified atom stereocenters. The molecule has 0 bridgehead atoms. The normalized spacial score (nSPS) is 14.0. The Morgan fingerprint density at radius 1 is 0.705 bits per heavy atom. The van der Waals surface area contributed by atoms with Gasteiger partial charge in [0.2, 0.25) is 59.1 Å². The fraction of sp³-hybridized carbons (Fsp3) is 0.517. The van der Waals surface area contributed by atoms with Gasteiger partial charge in [-0.05, 0) is 86.6 Å². The van der Waals surface area contributed by atoms with Crippen molar-refractivity contribution in [2.75, 3.05) is 13.1 Å². The number of carbonyl (C=O) groups excluding carboxylic acids is 11. The van der Waals surface area contributed by atoms with E-state index in [9.17, 15) is 62.2 Å². The molecule has 15 N–H and O–H groups in total. The van der Waals surface area contributed by atoms with Crippen LogP contribution in [-0.2, 0) is 67.8 Å². The average Bonchev–Trinajstić information content (AvgIpc) is 2.76. The summed E-state index contributed by atoms with van der Waals surface area (Å²) in [6.07, 6.45) is 2.85. The number of nitrogens with one attached hydrogen (secondary N) is 10. The average molecular weight is 1230 g/mol. The third-order valence-electron chi connectivity index (χ3n) is 14.2. The van der Waals surface area contributed by atoms with Crippen LogP contribution in [0.4, 0.5) is 4.39 Å². The molecule has 88 heavy (non-hydrogen) atoms. The number of halogens is 1. The number of para-hydroxylation sites is 1. The lowest BCUT2D eigenvalue weighted by Gasteiger charge is -2.28. The lowest BCUT2D eigenvalue weighted by molar-refractivity contribution is -0.135. The van der Waals surface area contributed by atoms with E-state index in [2.05, 4.69) is 57.8 Å². The Bertz CT molecular complexity index is 3150. The zero-order valence-corrected chi connectivity index (χ0v) is 50.9. The second-order valence-electron chi connectivity index (χ2n) is 22.9. The molecule has 11 amide bonds. The zero-order valence-electron chi connectivity index (χ0n) is 50.9. The molecule has 478 valence electrons. The predicted molar refractivity (Wildman–Crippen MR) is 320 cm³/mol. The number of primary amides is 2. The highest BCUT2D eigenvalue weighted by atomic mass is 19.1. The molecule has 4 aromatic rings. The number of aromatic amines is 1. The number of H-pyrrole nitrogens is 1. The van der Waals surface area contributed by atoms with Crippen molar-refractivity contribution in [2.24, 2.45) is 36.3 Å². The van der Waals surface area contributed by atoms with Crippen LogP contribution in [-0.4, -0.2) is 146 Å². The van der Waals surface area contributed by atoms with Crippen LogP contribution in [0.5, 0.6) is 0 Å². The number of fused-ring (bicyclic) bond motifs is 1. The van der Waals surface area contributed by atoms with Crippen LogP contribution in [0.1, 0.15) is 127 Å². The number of hydrogen-bond acceptors (Lipinski definition) is 14. The Morgan fingerprint density at radius 3 is 1.99 bits per heavy atom. The van der Waals surface area contributed by atoms with Crippen molar-refractivity contribution in [3.8, 4) is 6.07 Å². The van der Waals surface area contributed by atoms with Crippen molar-refractivity contribution < 1.29 is 62.2 Å². The first-order chi connectivity index (χ1) is 41.6. The third-order valence-corrected chi connectivity index (χ3v) is 14.2. The number of nitrogens with zero attached hydrogens (tertiary/aromatic N) is 3. The van der Waals surface area contributed by atoms with Gasteiger partial charge in [0.15, 0.2) is 0 Å². The minimum absolute atomic E-state index is 0.0234. The van der Waals surface area contributed by atoms with Gasteiger partial charge < -0.3 is 74.0 Å². The number of carbonyl (C=O) groups is 11. The molecule has 4 rings (SSSR count). The maximum Gasteiger partial charge on any atom is 0.251 e. The Morgan fingerprint density at radius 2 is 1.35 bits per heavy atom. The molecular weight excluding hydrogens is 1140 g/mol. The molecule has 27 nitrogen and oxygen atoms in total.